The fourth-order valence-electron chi connectivity index (χ4n) is 1.80. The number of methoxy groups -OCH3 is 2. The molecule has 2 N–H and O–H groups in total. The highest BCUT2D eigenvalue weighted by Crippen LogP contribution is 2.32. The summed E-state index contributed by atoms with van der Waals surface area (Å²) in [5, 5.41) is 0. The van der Waals surface area contributed by atoms with Crippen LogP contribution in [0.15, 0.2) is 40.9 Å². The molecule has 0 amide bonds. The average Bonchev–Trinajstić information content (AvgIpc) is 2.46. The van der Waals surface area contributed by atoms with E-state index in [2.05, 4.69) is 15.9 Å². The van der Waals surface area contributed by atoms with E-state index < -0.39 is 0 Å². The van der Waals surface area contributed by atoms with Gasteiger partial charge in [0.1, 0.15) is 6.61 Å². The normalized spacial score (nSPS) is 10.2. The van der Waals surface area contributed by atoms with Crippen LogP contribution in [0.4, 0.5) is 5.69 Å². The van der Waals surface area contributed by atoms with Crippen molar-refractivity contribution in [1.82, 2.24) is 0 Å². The summed E-state index contributed by atoms with van der Waals surface area (Å²) in [6.45, 7) is 0.396. The topological polar surface area (TPSA) is 53.7 Å². The van der Waals surface area contributed by atoms with Gasteiger partial charge in [0.15, 0.2) is 17.2 Å². The van der Waals surface area contributed by atoms with Gasteiger partial charge < -0.3 is 19.9 Å². The lowest BCUT2D eigenvalue weighted by Crippen LogP contribution is -2.00. The lowest BCUT2D eigenvalue weighted by molar-refractivity contribution is 0.303. The summed E-state index contributed by atoms with van der Waals surface area (Å²) in [6.07, 6.45) is 0. The molecular formula is C15H16BrNO3. The first kappa shape index (κ1) is 14.5. The average molecular weight is 338 g/mol. The molecule has 5 heteroatoms. The van der Waals surface area contributed by atoms with Crippen LogP contribution in [0, 0.1) is 0 Å². The van der Waals surface area contributed by atoms with Crippen LogP contribution < -0.4 is 19.9 Å². The van der Waals surface area contributed by atoms with Crippen LogP contribution in [0.1, 0.15) is 5.56 Å². The molecule has 4 nitrogen and oxygen atoms in total. The quantitative estimate of drug-likeness (QED) is 0.846. The van der Waals surface area contributed by atoms with Crippen LogP contribution >= 0.6 is 15.9 Å². The summed E-state index contributed by atoms with van der Waals surface area (Å²) < 4.78 is 17.1. The molecule has 0 unspecified atom stereocenters. The maximum absolute atomic E-state index is 5.89. The van der Waals surface area contributed by atoms with Crippen LogP contribution in [0.25, 0.3) is 0 Å². The standard InChI is InChI=1S/C15H16BrNO3/c1-18-13-7-6-10(8-14(13)19-2)9-20-15-11(16)4-3-5-12(15)17/h3-8H,9,17H2,1-2H3. The lowest BCUT2D eigenvalue weighted by Gasteiger charge is -2.12. The molecule has 0 fully saturated rings. The van der Waals surface area contributed by atoms with Crippen LogP contribution in [0.5, 0.6) is 17.2 Å². The van der Waals surface area contributed by atoms with Gasteiger partial charge in [-0.3, -0.25) is 0 Å². The Labute approximate surface area is 126 Å². The van der Waals surface area contributed by atoms with E-state index in [9.17, 15) is 0 Å². The van der Waals surface area contributed by atoms with Crippen molar-refractivity contribution in [3.05, 3.63) is 46.4 Å². The Balaban J connectivity index is 2.15. The van der Waals surface area contributed by atoms with Gasteiger partial charge in [-0.25, -0.2) is 0 Å². The molecule has 0 heterocycles. The molecule has 2 aromatic carbocycles. The van der Waals surface area contributed by atoms with E-state index in [4.69, 9.17) is 19.9 Å². The maximum atomic E-state index is 5.89. The highest BCUT2D eigenvalue weighted by atomic mass is 79.9. The van der Waals surface area contributed by atoms with Gasteiger partial charge in [-0.15, -0.1) is 0 Å². The third kappa shape index (κ3) is 3.17. The molecule has 2 rings (SSSR count). The number of rotatable bonds is 5. The predicted octanol–water partition coefficient (Wildman–Crippen LogP) is 3.63. The fourth-order valence-corrected chi connectivity index (χ4v) is 2.30. The van der Waals surface area contributed by atoms with Crippen molar-refractivity contribution in [2.45, 2.75) is 6.61 Å². The summed E-state index contributed by atoms with van der Waals surface area (Å²) in [5.41, 5.74) is 7.45. The minimum atomic E-state index is 0.396. The largest absolute Gasteiger partial charge is 0.493 e. The second kappa shape index (κ2) is 6.52. The first-order chi connectivity index (χ1) is 9.65. The van der Waals surface area contributed by atoms with Crippen LogP contribution in [-0.4, -0.2) is 14.2 Å². The number of benzene rings is 2. The van der Waals surface area contributed by atoms with E-state index in [0.29, 0.717) is 29.5 Å². The second-order valence-corrected chi connectivity index (χ2v) is 4.99. The first-order valence-electron chi connectivity index (χ1n) is 6.03. The molecule has 0 aliphatic rings. The van der Waals surface area contributed by atoms with Gasteiger partial charge in [0, 0.05) is 0 Å². The molecule has 0 aromatic heterocycles. The van der Waals surface area contributed by atoms with Gasteiger partial charge in [-0.1, -0.05) is 12.1 Å². The molecule has 0 aliphatic carbocycles. The minimum Gasteiger partial charge on any atom is -0.493 e. The fraction of sp³-hybridized carbons (Fsp3) is 0.200. The molecule has 0 saturated carbocycles. The maximum Gasteiger partial charge on any atom is 0.161 e. The summed E-state index contributed by atoms with van der Waals surface area (Å²) in [5.74, 6) is 2.01. The van der Waals surface area contributed by atoms with Crippen LogP contribution in [-0.2, 0) is 6.61 Å². The number of nitrogen functional groups attached to an aromatic ring is 1. The molecule has 106 valence electrons. The Morgan fingerprint density at radius 1 is 1.05 bits per heavy atom. The van der Waals surface area contributed by atoms with E-state index in [1.165, 1.54) is 0 Å². The third-order valence-electron chi connectivity index (χ3n) is 2.83. The zero-order valence-corrected chi connectivity index (χ0v) is 12.9. The number of hydrogen-bond donors (Lipinski definition) is 1. The molecule has 0 aliphatic heterocycles. The Morgan fingerprint density at radius 2 is 1.80 bits per heavy atom. The van der Waals surface area contributed by atoms with Gasteiger partial charge in [0.25, 0.3) is 0 Å². The van der Waals surface area contributed by atoms with E-state index in [1.54, 1.807) is 20.3 Å². The van der Waals surface area contributed by atoms with Crippen molar-refractivity contribution in [2.24, 2.45) is 0 Å². The summed E-state index contributed by atoms with van der Waals surface area (Å²) in [6, 6.07) is 11.2. The number of anilines is 1. The molecule has 20 heavy (non-hydrogen) atoms. The van der Waals surface area contributed by atoms with Crippen molar-refractivity contribution >= 4 is 21.6 Å². The van der Waals surface area contributed by atoms with Crippen LogP contribution in [0.2, 0.25) is 0 Å². The zero-order chi connectivity index (χ0) is 14.5. The number of halogens is 1. The predicted molar refractivity (Wildman–Crippen MR) is 82.4 cm³/mol. The van der Waals surface area contributed by atoms with Crippen molar-refractivity contribution in [3.63, 3.8) is 0 Å². The Kier molecular flexibility index (Phi) is 4.74. The molecule has 0 bridgehead atoms. The first-order valence-corrected chi connectivity index (χ1v) is 6.82. The summed E-state index contributed by atoms with van der Waals surface area (Å²) >= 11 is 3.42. The molecule has 0 spiro atoms. The molecule has 0 atom stereocenters. The van der Waals surface area contributed by atoms with Crippen molar-refractivity contribution < 1.29 is 14.2 Å². The van der Waals surface area contributed by atoms with E-state index in [-0.39, 0.29) is 0 Å². The number of hydrogen-bond acceptors (Lipinski definition) is 4. The van der Waals surface area contributed by atoms with Gasteiger partial charge in [-0.05, 0) is 45.8 Å². The van der Waals surface area contributed by atoms with Crippen molar-refractivity contribution in [3.8, 4) is 17.2 Å². The minimum absolute atomic E-state index is 0.396. The lowest BCUT2D eigenvalue weighted by atomic mass is 10.2. The Hall–Kier alpha value is -1.88. The Bertz CT molecular complexity index is 581. The van der Waals surface area contributed by atoms with E-state index in [1.807, 2.05) is 30.3 Å². The summed E-state index contributed by atoms with van der Waals surface area (Å²) in [4.78, 5) is 0. The molecule has 2 aromatic rings. The van der Waals surface area contributed by atoms with Crippen LogP contribution in [0.3, 0.4) is 0 Å². The van der Waals surface area contributed by atoms with Crippen molar-refractivity contribution in [2.75, 3.05) is 20.0 Å². The zero-order valence-electron chi connectivity index (χ0n) is 11.4. The third-order valence-corrected chi connectivity index (χ3v) is 3.45. The number of ether oxygens (including phenoxy) is 3. The number of nitrogens with two attached hydrogens (primary N) is 1. The SMILES string of the molecule is COc1ccc(COc2c(N)cccc2Br)cc1OC. The van der Waals surface area contributed by atoms with Gasteiger partial charge >= 0.3 is 0 Å². The summed E-state index contributed by atoms with van der Waals surface area (Å²) in [7, 11) is 3.21. The van der Waals surface area contributed by atoms with E-state index >= 15 is 0 Å². The monoisotopic (exact) mass is 337 g/mol. The molecule has 0 radical (unpaired) electrons. The molecular weight excluding hydrogens is 322 g/mol. The highest BCUT2D eigenvalue weighted by molar-refractivity contribution is 9.10. The van der Waals surface area contributed by atoms with Gasteiger partial charge in [-0.2, -0.15) is 0 Å². The van der Waals surface area contributed by atoms with Crippen molar-refractivity contribution in [1.29, 1.82) is 0 Å². The smallest absolute Gasteiger partial charge is 0.161 e. The van der Waals surface area contributed by atoms with E-state index in [0.717, 1.165) is 10.0 Å². The number of para-hydroxylation sites is 1. The second-order valence-electron chi connectivity index (χ2n) is 4.14. The highest BCUT2D eigenvalue weighted by Gasteiger charge is 2.08. The molecule has 0 saturated heterocycles. The Morgan fingerprint density at radius 3 is 2.45 bits per heavy atom. The van der Waals surface area contributed by atoms with Gasteiger partial charge in [0.05, 0.1) is 24.4 Å². The van der Waals surface area contributed by atoms with Gasteiger partial charge in [0.2, 0.25) is 0 Å².